The molecule has 0 aromatic heterocycles. The van der Waals surface area contributed by atoms with Crippen LogP contribution in [0.15, 0.2) is 85.1 Å². The maximum Gasteiger partial charge on any atom is 0.472 e. The second-order valence-corrected chi connectivity index (χ2v) is 14.8. The molecule has 0 rings (SSSR count). The van der Waals surface area contributed by atoms with Gasteiger partial charge in [0, 0.05) is 12.8 Å². The highest BCUT2D eigenvalue weighted by Gasteiger charge is 2.27. The Kier molecular flexibility index (Phi) is 37.3. The van der Waals surface area contributed by atoms with Crippen molar-refractivity contribution in [3.8, 4) is 0 Å². The Balaban J connectivity index is 4.52. The molecule has 11 heteroatoms. The maximum atomic E-state index is 12.6. The molecule has 3 atom stereocenters. The Morgan fingerprint density at radius 3 is 1.40 bits per heavy atom. The van der Waals surface area contributed by atoms with Crippen molar-refractivity contribution in [1.82, 2.24) is 0 Å². The van der Waals surface area contributed by atoms with E-state index < -0.39 is 51.8 Å². The van der Waals surface area contributed by atoms with Crippen molar-refractivity contribution in [3.05, 3.63) is 85.1 Å². The number of aliphatic hydroxyl groups is 2. The number of aliphatic hydroxyl groups excluding tert-OH is 2. The number of esters is 2. The molecule has 0 aromatic carbocycles. The summed E-state index contributed by atoms with van der Waals surface area (Å²) in [7, 11) is -4.64. The Bertz CT molecular complexity index is 1190. The highest BCUT2D eigenvalue weighted by Crippen LogP contribution is 2.43. The first kappa shape index (κ1) is 52.2. The van der Waals surface area contributed by atoms with Gasteiger partial charge in [-0.2, -0.15) is 0 Å². The molecule has 1 unspecified atom stereocenters. The van der Waals surface area contributed by atoms with Gasteiger partial charge in [0.25, 0.3) is 0 Å². The number of ether oxygens (including phenoxy) is 2. The summed E-state index contributed by atoms with van der Waals surface area (Å²) in [6, 6.07) is 0. The fourth-order valence-electron chi connectivity index (χ4n) is 4.81. The second-order valence-electron chi connectivity index (χ2n) is 13.3. The number of phosphoric acid groups is 1. The van der Waals surface area contributed by atoms with Crippen LogP contribution in [0.1, 0.15) is 142 Å². The molecular weight excluding hydrogens is 719 g/mol. The van der Waals surface area contributed by atoms with Crippen molar-refractivity contribution in [2.45, 2.75) is 154 Å². The van der Waals surface area contributed by atoms with Crippen molar-refractivity contribution < 1.29 is 47.8 Å². The summed E-state index contributed by atoms with van der Waals surface area (Å²) in [6.07, 6.45) is 45.6. The van der Waals surface area contributed by atoms with Crippen LogP contribution >= 0.6 is 7.82 Å². The van der Waals surface area contributed by atoms with Gasteiger partial charge < -0.3 is 24.6 Å². The number of phosphoric ester groups is 1. The first-order valence-electron chi connectivity index (χ1n) is 20.5. The summed E-state index contributed by atoms with van der Waals surface area (Å²) in [4.78, 5) is 34.9. The average Bonchev–Trinajstić information content (AvgIpc) is 3.17. The van der Waals surface area contributed by atoms with Crippen LogP contribution in [0.2, 0.25) is 0 Å². The highest BCUT2D eigenvalue weighted by molar-refractivity contribution is 7.47. The van der Waals surface area contributed by atoms with Gasteiger partial charge in [-0.3, -0.25) is 18.6 Å². The van der Waals surface area contributed by atoms with Gasteiger partial charge in [-0.25, -0.2) is 4.57 Å². The van der Waals surface area contributed by atoms with Crippen LogP contribution in [0.3, 0.4) is 0 Å². The first-order chi connectivity index (χ1) is 26.7. The summed E-state index contributed by atoms with van der Waals surface area (Å²) in [6.45, 7) is 2.19. The third kappa shape index (κ3) is 39.2. The molecule has 0 bridgehead atoms. The zero-order valence-corrected chi connectivity index (χ0v) is 34.7. The molecule has 55 heavy (non-hydrogen) atoms. The molecule has 10 nitrogen and oxygen atoms in total. The Morgan fingerprint density at radius 1 is 0.545 bits per heavy atom. The average molecular weight is 793 g/mol. The van der Waals surface area contributed by atoms with Gasteiger partial charge in [-0.15, -0.1) is 0 Å². The summed E-state index contributed by atoms with van der Waals surface area (Å²) in [5.41, 5.74) is 0. The van der Waals surface area contributed by atoms with Gasteiger partial charge in [-0.1, -0.05) is 125 Å². The topological polar surface area (TPSA) is 149 Å². The third-order valence-corrected chi connectivity index (χ3v) is 8.97. The van der Waals surface area contributed by atoms with Crippen molar-refractivity contribution >= 4 is 19.8 Å². The van der Waals surface area contributed by atoms with Crippen molar-refractivity contribution in [3.63, 3.8) is 0 Å². The maximum absolute atomic E-state index is 12.6. The standard InChI is InChI=1S/C44H73O10P/c1-3-5-7-9-11-13-15-17-19-20-22-24-26-28-30-32-34-36-44(48)54-42(40-53-55(49,50)52-38-41(46)37-45)39-51-43(47)35-33-31-29-27-25-23-21-18-16-14-12-10-8-6-4-2/h11-14,17-19,21-22,24-25,27-28,30,41-42,45-46H,3-10,15-16,20,23,26,29,31-40H2,1-2H3,(H,49,50)/b13-11+,14-12+,19-17+,21-18+,24-22+,27-25+,30-28+/t41-,42+/m0/s1. The Morgan fingerprint density at radius 2 is 0.945 bits per heavy atom. The Hall–Kier alpha value is -2.85. The predicted octanol–water partition coefficient (Wildman–Crippen LogP) is 10.7. The van der Waals surface area contributed by atoms with E-state index >= 15 is 0 Å². The summed E-state index contributed by atoms with van der Waals surface area (Å²) < 4.78 is 32.5. The number of carbonyl (C=O) groups excluding carboxylic acids is 2. The van der Waals surface area contributed by atoms with Crippen LogP contribution in [0.4, 0.5) is 0 Å². The van der Waals surface area contributed by atoms with Crippen LogP contribution < -0.4 is 0 Å². The number of allylic oxidation sites excluding steroid dienone is 14. The van der Waals surface area contributed by atoms with E-state index in [0.29, 0.717) is 19.3 Å². The molecule has 0 heterocycles. The highest BCUT2D eigenvalue weighted by atomic mass is 31.2. The zero-order chi connectivity index (χ0) is 40.5. The first-order valence-corrected chi connectivity index (χ1v) is 22.0. The summed E-state index contributed by atoms with van der Waals surface area (Å²) in [5.74, 6) is -1.05. The zero-order valence-electron chi connectivity index (χ0n) is 33.9. The van der Waals surface area contributed by atoms with E-state index in [-0.39, 0.29) is 19.4 Å². The number of hydrogen-bond acceptors (Lipinski definition) is 9. The second kappa shape index (κ2) is 39.4. The minimum absolute atomic E-state index is 0.0952. The van der Waals surface area contributed by atoms with Gasteiger partial charge >= 0.3 is 19.8 Å². The molecule has 0 saturated heterocycles. The van der Waals surface area contributed by atoms with Crippen molar-refractivity contribution in [2.24, 2.45) is 0 Å². The smallest absolute Gasteiger partial charge is 0.462 e. The molecule has 3 N–H and O–H groups in total. The molecule has 0 aliphatic heterocycles. The minimum Gasteiger partial charge on any atom is -0.462 e. The van der Waals surface area contributed by atoms with Crippen LogP contribution in [-0.4, -0.2) is 65.7 Å². The lowest BCUT2D eigenvalue weighted by atomic mass is 10.1. The quantitative estimate of drug-likeness (QED) is 0.0240. The molecule has 0 amide bonds. The van der Waals surface area contributed by atoms with Crippen LogP contribution in [0, 0.1) is 0 Å². The van der Waals surface area contributed by atoms with E-state index in [9.17, 15) is 24.2 Å². The number of rotatable bonds is 37. The van der Waals surface area contributed by atoms with Gasteiger partial charge in [0.1, 0.15) is 12.7 Å². The van der Waals surface area contributed by atoms with Gasteiger partial charge in [0.05, 0.1) is 19.8 Å². The predicted molar refractivity (Wildman–Crippen MR) is 223 cm³/mol. The lowest BCUT2D eigenvalue weighted by Gasteiger charge is -2.20. The number of carbonyl (C=O) groups is 2. The van der Waals surface area contributed by atoms with Crippen molar-refractivity contribution in [2.75, 3.05) is 26.4 Å². The molecule has 0 fully saturated rings. The lowest BCUT2D eigenvalue weighted by Crippen LogP contribution is -2.29. The van der Waals surface area contributed by atoms with E-state index in [4.69, 9.17) is 19.1 Å². The summed E-state index contributed by atoms with van der Waals surface area (Å²) in [5, 5.41) is 18.3. The fraction of sp³-hybridized carbons (Fsp3) is 0.636. The SMILES string of the molecule is CCCCC/C=C/C/C=C/C/C=C/C/C=C/CCCC(=O)O[C@H](COC(=O)CCCC/C=C/C/C=C/C/C=C/CCCCC)COP(=O)(O)OC[C@@H](O)CO. The van der Waals surface area contributed by atoms with E-state index in [0.717, 1.165) is 57.8 Å². The van der Waals surface area contributed by atoms with E-state index in [1.807, 2.05) is 12.2 Å². The third-order valence-electron chi connectivity index (χ3n) is 8.02. The van der Waals surface area contributed by atoms with Crippen LogP contribution in [0.5, 0.6) is 0 Å². The minimum atomic E-state index is -4.64. The van der Waals surface area contributed by atoms with Crippen LogP contribution in [0.25, 0.3) is 0 Å². The molecule has 0 aliphatic rings. The monoisotopic (exact) mass is 792 g/mol. The molecule has 0 aromatic rings. The van der Waals surface area contributed by atoms with Gasteiger partial charge in [0.2, 0.25) is 0 Å². The lowest BCUT2D eigenvalue weighted by molar-refractivity contribution is -0.161. The molecule has 0 aliphatic carbocycles. The van der Waals surface area contributed by atoms with Gasteiger partial charge in [0.15, 0.2) is 6.10 Å². The van der Waals surface area contributed by atoms with E-state index in [1.54, 1.807) is 0 Å². The number of hydrogen-bond donors (Lipinski definition) is 3. The van der Waals surface area contributed by atoms with E-state index in [1.165, 1.54) is 38.5 Å². The Labute approximate surface area is 332 Å². The fourth-order valence-corrected chi connectivity index (χ4v) is 5.60. The molecule has 0 radical (unpaired) electrons. The molecule has 0 spiro atoms. The normalized spacial score (nSPS) is 14.8. The number of unbranched alkanes of at least 4 members (excludes halogenated alkanes) is 9. The summed E-state index contributed by atoms with van der Waals surface area (Å²) >= 11 is 0. The largest absolute Gasteiger partial charge is 0.472 e. The van der Waals surface area contributed by atoms with Gasteiger partial charge in [-0.05, 0) is 89.9 Å². The molecular formula is C44H73O10P. The van der Waals surface area contributed by atoms with Crippen molar-refractivity contribution in [1.29, 1.82) is 0 Å². The van der Waals surface area contributed by atoms with Crippen LogP contribution in [-0.2, 0) is 32.7 Å². The van der Waals surface area contributed by atoms with E-state index in [2.05, 4.69) is 91.3 Å². The molecule has 0 saturated carbocycles. The molecule has 314 valence electrons.